The summed E-state index contributed by atoms with van der Waals surface area (Å²) in [6.07, 6.45) is 5.85. The Balaban J connectivity index is 1.13. The van der Waals surface area contributed by atoms with Crippen molar-refractivity contribution in [2.75, 3.05) is 0 Å². The van der Waals surface area contributed by atoms with Crippen molar-refractivity contribution >= 4 is 86.8 Å². The van der Waals surface area contributed by atoms with E-state index in [1.807, 2.05) is 24.7 Å². The summed E-state index contributed by atoms with van der Waals surface area (Å²) >= 11 is 0. The lowest BCUT2D eigenvalue weighted by Crippen LogP contribution is -1.97. The monoisotopic (exact) mass is 686 g/mol. The number of benzene rings is 8. The summed E-state index contributed by atoms with van der Waals surface area (Å²) in [5, 5.41) is 13.3. The van der Waals surface area contributed by atoms with Gasteiger partial charge < -0.3 is 9.13 Å². The molecule has 0 bridgehead atoms. The van der Waals surface area contributed by atoms with Crippen molar-refractivity contribution in [2.45, 2.75) is 0 Å². The summed E-state index contributed by atoms with van der Waals surface area (Å²) in [7, 11) is 0. The van der Waals surface area contributed by atoms with Crippen LogP contribution in [0.3, 0.4) is 0 Å². The molecule has 0 saturated carbocycles. The molecule has 0 radical (unpaired) electrons. The Kier molecular flexibility index (Phi) is 6.02. The Morgan fingerprint density at radius 2 is 0.944 bits per heavy atom. The van der Waals surface area contributed by atoms with Crippen LogP contribution < -0.4 is 0 Å². The average molecular weight is 687 g/mol. The predicted molar refractivity (Wildman–Crippen MR) is 226 cm³/mol. The highest BCUT2D eigenvalue weighted by atomic mass is 15.0. The van der Waals surface area contributed by atoms with Gasteiger partial charge in [0.1, 0.15) is 0 Å². The van der Waals surface area contributed by atoms with E-state index >= 15 is 0 Å². The molecule has 0 saturated heterocycles. The van der Waals surface area contributed by atoms with Crippen LogP contribution in [0, 0.1) is 0 Å². The Morgan fingerprint density at radius 3 is 1.57 bits per heavy atom. The first-order valence-corrected chi connectivity index (χ1v) is 18.4. The standard InChI is InChI=1S/C50H30N4/c1-3-12-33-26-48-44(23-31(33)10-1)39-15-5-7-17-46(39)53(48)37-19-20-41-43(28-37)42(35-14-9-21-51-29-35)25-36-22-38(30-52-50(36)41)54-47-18-8-6-16-40(47)45-24-32-11-2-4-13-34(32)27-49(45)54/h1-30H. The maximum atomic E-state index is 5.26. The summed E-state index contributed by atoms with van der Waals surface area (Å²) in [5.74, 6) is 0. The van der Waals surface area contributed by atoms with Crippen molar-refractivity contribution < 1.29 is 0 Å². The highest BCUT2D eigenvalue weighted by Crippen LogP contribution is 2.40. The number of nitrogens with zero attached hydrogens (tertiary/aromatic N) is 4. The molecule has 0 atom stereocenters. The molecule has 0 unspecified atom stereocenters. The first-order chi connectivity index (χ1) is 26.8. The summed E-state index contributed by atoms with van der Waals surface area (Å²) < 4.78 is 4.78. The molecule has 4 heteroatoms. The van der Waals surface area contributed by atoms with Gasteiger partial charge in [-0.3, -0.25) is 9.97 Å². The van der Waals surface area contributed by atoms with Crippen LogP contribution in [0.1, 0.15) is 0 Å². The molecule has 4 heterocycles. The number of fused-ring (bicyclic) bond motifs is 11. The fourth-order valence-corrected chi connectivity index (χ4v) is 8.89. The van der Waals surface area contributed by atoms with Gasteiger partial charge in [0, 0.05) is 56.0 Å². The Bertz CT molecular complexity index is 3500. The van der Waals surface area contributed by atoms with Gasteiger partial charge in [-0.25, -0.2) is 0 Å². The Hall–Kier alpha value is -7.30. The van der Waals surface area contributed by atoms with Crippen molar-refractivity contribution in [1.29, 1.82) is 0 Å². The summed E-state index contributed by atoms with van der Waals surface area (Å²) in [6, 6.07) is 59.6. The number of aromatic nitrogens is 4. The van der Waals surface area contributed by atoms with Crippen molar-refractivity contribution in [2.24, 2.45) is 0 Å². The summed E-state index contributed by atoms with van der Waals surface area (Å²) in [4.78, 5) is 9.82. The molecule has 0 spiro atoms. The minimum absolute atomic E-state index is 0.979. The molecule has 12 rings (SSSR count). The van der Waals surface area contributed by atoms with Gasteiger partial charge in [-0.1, -0.05) is 97.1 Å². The van der Waals surface area contributed by atoms with E-state index in [1.54, 1.807) is 0 Å². The molecule has 250 valence electrons. The number of para-hydroxylation sites is 2. The molecule has 0 fully saturated rings. The van der Waals surface area contributed by atoms with Crippen LogP contribution in [0.15, 0.2) is 182 Å². The van der Waals surface area contributed by atoms with Crippen molar-refractivity contribution in [3.05, 3.63) is 182 Å². The van der Waals surface area contributed by atoms with Crippen LogP contribution in [0.4, 0.5) is 0 Å². The molecule has 4 aromatic heterocycles. The number of rotatable bonds is 3. The van der Waals surface area contributed by atoms with Gasteiger partial charge in [0.25, 0.3) is 0 Å². The van der Waals surface area contributed by atoms with Crippen LogP contribution in [0.25, 0.3) is 109 Å². The summed E-state index contributed by atoms with van der Waals surface area (Å²) in [6.45, 7) is 0. The van der Waals surface area contributed by atoms with E-state index < -0.39 is 0 Å². The van der Waals surface area contributed by atoms with E-state index in [2.05, 4.69) is 172 Å². The second-order valence-electron chi connectivity index (χ2n) is 14.3. The molecule has 0 amide bonds. The van der Waals surface area contributed by atoms with Gasteiger partial charge in [-0.05, 0) is 99.2 Å². The number of hydrogen-bond acceptors (Lipinski definition) is 2. The molecular formula is C50H30N4. The zero-order chi connectivity index (χ0) is 35.3. The molecule has 54 heavy (non-hydrogen) atoms. The largest absolute Gasteiger partial charge is 0.309 e. The molecular weight excluding hydrogens is 657 g/mol. The van der Waals surface area contributed by atoms with Gasteiger partial charge in [-0.2, -0.15) is 0 Å². The highest BCUT2D eigenvalue weighted by Gasteiger charge is 2.18. The van der Waals surface area contributed by atoms with Crippen molar-refractivity contribution in [3.63, 3.8) is 0 Å². The third-order valence-corrected chi connectivity index (χ3v) is 11.3. The Morgan fingerprint density at radius 1 is 0.352 bits per heavy atom. The van der Waals surface area contributed by atoms with E-state index in [1.165, 1.54) is 65.2 Å². The average Bonchev–Trinajstić information content (AvgIpc) is 3.73. The zero-order valence-corrected chi connectivity index (χ0v) is 29.1. The zero-order valence-electron chi connectivity index (χ0n) is 29.1. The molecule has 0 aliphatic carbocycles. The highest BCUT2D eigenvalue weighted by molar-refractivity contribution is 6.17. The van der Waals surface area contributed by atoms with E-state index in [-0.39, 0.29) is 0 Å². The van der Waals surface area contributed by atoms with E-state index in [9.17, 15) is 0 Å². The lowest BCUT2D eigenvalue weighted by atomic mass is 9.95. The molecule has 0 aliphatic rings. The van der Waals surface area contributed by atoms with E-state index in [4.69, 9.17) is 4.98 Å². The van der Waals surface area contributed by atoms with Gasteiger partial charge in [0.2, 0.25) is 0 Å². The quantitative estimate of drug-likeness (QED) is 0.173. The van der Waals surface area contributed by atoms with E-state index in [0.717, 1.165) is 44.2 Å². The molecule has 4 nitrogen and oxygen atoms in total. The molecule has 8 aromatic carbocycles. The lowest BCUT2D eigenvalue weighted by molar-refractivity contribution is 1.16. The second kappa shape index (κ2) is 11.1. The van der Waals surface area contributed by atoms with Gasteiger partial charge in [0.15, 0.2) is 0 Å². The van der Waals surface area contributed by atoms with Crippen molar-refractivity contribution in [3.8, 4) is 22.5 Å². The third-order valence-electron chi connectivity index (χ3n) is 11.3. The normalized spacial score (nSPS) is 12.1. The van der Waals surface area contributed by atoms with Crippen LogP contribution in [-0.4, -0.2) is 19.1 Å². The maximum absolute atomic E-state index is 5.26. The third kappa shape index (κ3) is 4.19. The maximum Gasteiger partial charge on any atom is 0.0782 e. The predicted octanol–water partition coefficient (Wildman–Crippen LogP) is 13.0. The van der Waals surface area contributed by atoms with Crippen LogP contribution in [-0.2, 0) is 0 Å². The van der Waals surface area contributed by atoms with Gasteiger partial charge in [-0.15, -0.1) is 0 Å². The second-order valence-corrected chi connectivity index (χ2v) is 14.3. The first-order valence-electron chi connectivity index (χ1n) is 18.4. The first kappa shape index (κ1) is 29.3. The fraction of sp³-hybridized carbons (Fsp3) is 0. The van der Waals surface area contributed by atoms with Gasteiger partial charge >= 0.3 is 0 Å². The van der Waals surface area contributed by atoms with Crippen LogP contribution >= 0.6 is 0 Å². The minimum atomic E-state index is 0.979. The SMILES string of the molecule is c1cncc(-c2cc3cc(-n4c5ccccc5c5cc6ccccc6cc54)cnc3c3ccc(-n4c5ccccc5c5cc6ccccc6cc54)cc23)c1. The fourth-order valence-electron chi connectivity index (χ4n) is 8.89. The lowest BCUT2D eigenvalue weighted by Gasteiger charge is -2.15. The molecule has 0 N–H and O–H groups in total. The number of pyridine rings is 2. The van der Waals surface area contributed by atoms with Crippen LogP contribution in [0.5, 0.6) is 0 Å². The molecule has 12 aromatic rings. The minimum Gasteiger partial charge on any atom is -0.309 e. The van der Waals surface area contributed by atoms with Crippen molar-refractivity contribution in [1.82, 2.24) is 19.1 Å². The summed E-state index contributed by atoms with van der Waals surface area (Å²) in [5.41, 5.74) is 10.1. The molecule has 0 aliphatic heterocycles. The van der Waals surface area contributed by atoms with Gasteiger partial charge in [0.05, 0.1) is 39.5 Å². The van der Waals surface area contributed by atoms with Crippen LogP contribution in [0.2, 0.25) is 0 Å². The Labute approximate surface area is 309 Å². The topological polar surface area (TPSA) is 35.6 Å². The van der Waals surface area contributed by atoms with E-state index in [0.29, 0.717) is 0 Å². The smallest absolute Gasteiger partial charge is 0.0782 e. The number of hydrogen-bond donors (Lipinski definition) is 0.